The van der Waals surface area contributed by atoms with E-state index in [1.807, 2.05) is 0 Å². The predicted molar refractivity (Wildman–Crippen MR) is 26.0 cm³/mol. The summed E-state index contributed by atoms with van der Waals surface area (Å²) in [6.07, 6.45) is 0. The van der Waals surface area contributed by atoms with Gasteiger partial charge in [0.1, 0.15) is 5.92 Å². The fourth-order valence-corrected chi connectivity index (χ4v) is 0.122. The third-order valence-corrected chi connectivity index (χ3v) is 0.797. The Morgan fingerprint density at radius 1 is 1.62 bits per heavy atom. The summed E-state index contributed by atoms with van der Waals surface area (Å²) in [6, 6.07) is 0. The standard InChI is InChI=1S/C4H7NO3/c1-2(3(5)6)4(7)8/h2H,1H3,(H2,5,6)(H,7,8). The van der Waals surface area contributed by atoms with Gasteiger partial charge < -0.3 is 10.8 Å². The molecular weight excluding hydrogens is 110 g/mol. The lowest BCUT2D eigenvalue weighted by atomic mass is 10.2. The SMILES string of the molecule is CC(C(N)=O)C(=O)O. The van der Waals surface area contributed by atoms with Crippen LogP contribution in [0.4, 0.5) is 0 Å². The second-order valence-corrected chi connectivity index (χ2v) is 1.46. The first-order chi connectivity index (χ1) is 3.55. The van der Waals surface area contributed by atoms with Crippen molar-refractivity contribution < 1.29 is 14.7 Å². The normalized spacial score (nSPS) is 12.6. The number of primary amides is 1. The van der Waals surface area contributed by atoms with E-state index in [0.717, 1.165) is 0 Å². The van der Waals surface area contributed by atoms with Crippen LogP contribution in [0.5, 0.6) is 0 Å². The number of amides is 1. The molecular formula is C4H7NO3. The highest BCUT2D eigenvalue weighted by molar-refractivity contribution is 5.95. The second-order valence-electron chi connectivity index (χ2n) is 1.46. The summed E-state index contributed by atoms with van der Waals surface area (Å²) < 4.78 is 0. The molecule has 8 heavy (non-hydrogen) atoms. The molecule has 1 unspecified atom stereocenters. The van der Waals surface area contributed by atoms with Gasteiger partial charge in [0.2, 0.25) is 5.91 Å². The molecule has 0 aliphatic carbocycles. The molecule has 0 fully saturated rings. The molecule has 0 bridgehead atoms. The summed E-state index contributed by atoms with van der Waals surface area (Å²) in [6.45, 7) is 1.24. The van der Waals surface area contributed by atoms with Crippen molar-refractivity contribution in [1.82, 2.24) is 0 Å². The van der Waals surface area contributed by atoms with Crippen molar-refractivity contribution in [2.45, 2.75) is 6.92 Å². The number of carboxylic acid groups (broad SMARTS) is 1. The van der Waals surface area contributed by atoms with Crippen LogP contribution in [0.2, 0.25) is 0 Å². The molecule has 4 heteroatoms. The minimum Gasteiger partial charge on any atom is -0.481 e. The number of hydrogen-bond acceptors (Lipinski definition) is 2. The summed E-state index contributed by atoms with van der Waals surface area (Å²) in [5.74, 6) is -3.06. The van der Waals surface area contributed by atoms with Gasteiger partial charge in [-0.3, -0.25) is 9.59 Å². The molecule has 0 rings (SSSR count). The van der Waals surface area contributed by atoms with Crippen LogP contribution in [0.25, 0.3) is 0 Å². The van der Waals surface area contributed by atoms with Crippen molar-refractivity contribution in [2.75, 3.05) is 0 Å². The maximum atomic E-state index is 9.98. The van der Waals surface area contributed by atoms with Crippen LogP contribution in [0.3, 0.4) is 0 Å². The molecule has 4 nitrogen and oxygen atoms in total. The van der Waals surface area contributed by atoms with Gasteiger partial charge in [0.25, 0.3) is 0 Å². The fraction of sp³-hybridized carbons (Fsp3) is 0.500. The van der Waals surface area contributed by atoms with E-state index in [1.54, 1.807) is 0 Å². The maximum Gasteiger partial charge on any atom is 0.315 e. The Kier molecular flexibility index (Phi) is 1.99. The van der Waals surface area contributed by atoms with Crippen LogP contribution in [0.1, 0.15) is 6.92 Å². The van der Waals surface area contributed by atoms with Gasteiger partial charge in [-0.15, -0.1) is 0 Å². The maximum absolute atomic E-state index is 9.98. The van der Waals surface area contributed by atoms with E-state index in [1.165, 1.54) is 6.92 Å². The lowest BCUT2D eigenvalue weighted by Crippen LogP contribution is -2.27. The Morgan fingerprint density at radius 3 is 2.00 bits per heavy atom. The Balaban J connectivity index is 3.83. The third-order valence-electron chi connectivity index (χ3n) is 0.797. The van der Waals surface area contributed by atoms with Crippen LogP contribution < -0.4 is 5.73 Å². The van der Waals surface area contributed by atoms with Gasteiger partial charge in [0, 0.05) is 0 Å². The van der Waals surface area contributed by atoms with Crippen LogP contribution >= 0.6 is 0 Å². The summed E-state index contributed by atoms with van der Waals surface area (Å²) in [5, 5.41) is 8.05. The number of nitrogens with two attached hydrogens (primary N) is 1. The summed E-state index contributed by atoms with van der Waals surface area (Å²) in [7, 11) is 0. The molecule has 0 radical (unpaired) electrons. The van der Waals surface area contributed by atoms with Crippen molar-refractivity contribution in [3.63, 3.8) is 0 Å². The molecule has 0 aliphatic heterocycles. The molecule has 0 heterocycles. The Morgan fingerprint density at radius 2 is 2.00 bits per heavy atom. The monoisotopic (exact) mass is 117 g/mol. The van der Waals surface area contributed by atoms with Crippen molar-refractivity contribution >= 4 is 11.9 Å². The molecule has 0 aromatic carbocycles. The number of carbonyl (C=O) groups is 2. The first-order valence-corrected chi connectivity index (χ1v) is 2.08. The van der Waals surface area contributed by atoms with Crippen molar-refractivity contribution in [3.05, 3.63) is 0 Å². The van der Waals surface area contributed by atoms with E-state index in [4.69, 9.17) is 5.11 Å². The van der Waals surface area contributed by atoms with Crippen LogP contribution in [-0.2, 0) is 9.59 Å². The highest BCUT2D eigenvalue weighted by Gasteiger charge is 2.15. The third kappa shape index (κ3) is 1.59. The van der Waals surface area contributed by atoms with Crippen LogP contribution in [0, 0.1) is 5.92 Å². The van der Waals surface area contributed by atoms with Crippen molar-refractivity contribution in [1.29, 1.82) is 0 Å². The minimum atomic E-state index is -1.18. The van der Waals surface area contributed by atoms with Gasteiger partial charge in [0.05, 0.1) is 0 Å². The first-order valence-electron chi connectivity index (χ1n) is 2.08. The quantitative estimate of drug-likeness (QED) is 0.464. The van der Waals surface area contributed by atoms with Crippen molar-refractivity contribution in [2.24, 2.45) is 11.7 Å². The second kappa shape index (κ2) is 2.30. The largest absolute Gasteiger partial charge is 0.481 e. The predicted octanol–water partition coefficient (Wildman–Crippen LogP) is -0.808. The Labute approximate surface area is 46.3 Å². The molecule has 0 aromatic rings. The number of hydrogen-bond donors (Lipinski definition) is 2. The summed E-state index contributed by atoms with van der Waals surface area (Å²) in [4.78, 5) is 19.8. The smallest absolute Gasteiger partial charge is 0.315 e. The van der Waals surface area contributed by atoms with E-state index < -0.39 is 17.8 Å². The topological polar surface area (TPSA) is 80.4 Å². The molecule has 1 atom stereocenters. The Bertz CT molecular complexity index is 106. The molecule has 46 valence electrons. The zero-order valence-electron chi connectivity index (χ0n) is 4.42. The van der Waals surface area contributed by atoms with E-state index in [2.05, 4.69) is 5.73 Å². The van der Waals surface area contributed by atoms with E-state index >= 15 is 0 Å². The van der Waals surface area contributed by atoms with Crippen molar-refractivity contribution in [3.8, 4) is 0 Å². The fourth-order valence-electron chi connectivity index (χ4n) is 0.122. The lowest BCUT2D eigenvalue weighted by Gasteiger charge is -1.95. The highest BCUT2D eigenvalue weighted by atomic mass is 16.4. The molecule has 0 spiro atoms. The van der Waals surface area contributed by atoms with Gasteiger partial charge in [-0.2, -0.15) is 0 Å². The van der Waals surface area contributed by atoms with Gasteiger partial charge >= 0.3 is 5.97 Å². The van der Waals surface area contributed by atoms with Gasteiger partial charge in [-0.05, 0) is 6.92 Å². The molecule has 0 aromatic heterocycles. The van der Waals surface area contributed by atoms with Gasteiger partial charge in [0.15, 0.2) is 0 Å². The lowest BCUT2D eigenvalue weighted by molar-refractivity contribution is -0.145. The average Bonchev–Trinajstić information content (AvgIpc) is 1.64. The Hall–Kier alpha value is -1.06. The number of rotatable bonds is 2. The summed E-state index contributed by atoms with van der Waals surface area (Å²) in [5.41, 5.74) is 4.62. The number of carbonyl (C=O) groups excluding carboxylic acids is 1. The first kappa shape index (κ1) is 6.94. The number of carboxylic acids is 1. The molecule has 0 saturated heterocycles. The van der Waals surface area contributed by atoms with Crippen LogP contribution in [-0.4, -0.2) is 17.0 Å². The highest BCUT2D eigenvalue weighted by Crippen LogP contribution is 1.89. The van der Waals surface area contributed by atoms with E-state index in [0.29, 0.717) is 0 Å². The molecule has 0 saturated carbocycles. The minimum absolute atomic E-state index is 0.808. The summed E-state index contributed by atoms with van der Waals surface area (Å²) >= 11 is 0. The van der Waals surface area contributed by atoms with E-state index in [-0.39, 0.29) is 0 Å². The van der Waals surface area contributed by atoms with Gasteiger partial charge in [-0.25, -0.2) is 0 Å². The van der Waals surface area contributed by atoms with Crippen LogP contribution in [0.15, 0.2) is 0 Å². The van der Waals surface area contributed by atoms with E-state index in [9.17, 15) is 9.59 Å². The molecule has 3 N–H and O–H groups in total. The molecule has 1 amide bonds. The van der Waals surface area contributed by atoms with Gasteiger partial charge in [-0.1, -0.05) is 0 Å². The zero-order valence-corrected chi connectivity index (χ0v) is 4.42. The zero-order chi connectivity index (χ0) is 6.73. The molecule has 0 aliphatic rings. The average molecular weight is 117 g/mol. The number of aliphatic carboxylic acids is 1.